The minimum absolute atomic E-state index is 0. The quantitative estimate of drug-likeness (QED) is 0.486. The molecule has 0 unspecified atom stereocenters. The molecule has 0 atom stereocenters. The molecule has 0 nitrogen and oxygen atoms in total. The van der Waals surface area contributed by atoms with Gasteiger partial charge in [0.1, 0.15) is 0 Å². The summed E-state index contributed by atoms with van der Waals surface area (Å²) in [5.74, 6) is 1.53. The largest absolute Gasteiger partial charge is 1.00 e. The van der Waals surface area contributed by atoms with Crippen molar-refractivity contribution in [2.75, 3.05) is 0 Å². The Hall–Kier alpha value is 0.423. The molecule has 0 radical (unpaired) electrons. The normalized spacial score (nSPS) is 26.5. The van der Waals surface area contributed by atoms with Gasteiger partial charge >= 0.3 is 193 Å². The van der Waals surface area contributed by atoms with Gasteiger partial charge in [0, 0.05) is 0 Å². The summed E-state index contributed by atoms with van der Waals surface area (Å²) in [6, 6.07) is 0. The Morgan fingerprint density at radius 2 is 0.806 bits per heavy atom. The fourth-order valence-electron chi connectivity index (χ4n) is 7.66. The van der Waals surface area contributed by atoms with Gasteiger partial charge in [-0.15, -0.1) is 0 Å². The Balaban J connectivity index is 0.00000171. The van der Waals surface area contributed by atoms with Gasteiger partial charge in [-0.25, -0.2) is 0 Å². The molecule has 3 heteroatoms. The third-order valence-electron chi connectivity index (χ3n) is 9.42. The number of halogens is 2. The number of hydrogen-bond acceptors (Lipinski definition) is 0. The average Bonchev–Trinajstić information content (AvgIpc) is 3.40. The molecule has 172 valence electrons. The molecule has 0 aromatic carbocycles. The minimum Gasteiger partial charge on any atom is -1.00 e. The van der Waals surface area contributed by atoms with Gasteiger partial charge < -0.3 is 24.8 Å². The third kappa shape index (κ3) is 4.44. The van der Waals surface area contributed by atoms with Crippen LogP contribution in [0.15, 0.2) is 48.6 Å². The van der Waals surface area contributed by atoms with E-state index in [0.717, 1.165) is 11.8 Å². The fourth-order valence-corrected chi connectivity index (χ4v) is 15.0. The van der Waals surface area contributed by atoms with Crippen LogP contribution in [0, 0.1) is 22.7 Å². The SMILES string of the molecule is CC(C)C1([C]2([Zr+2][C]3(C4(C(C)C)CCCCC4)C=CC=C3)C=CC=C2)CCCCC1.[Cl-].[Cl-]. The van der Waals surface area contributed by atoms with Crippen molar-refractivity contribution in [1.82, 2.24) is 0 Å². The van der Waals surface area contributed by atoms with Gasteiger partial charge in [-0.3, -0.25) is 0 Å². The number of hydrogen-bond donors (Lipinski definition) is 0. The zero-order valence-corrected chi connectivity index (χ0v) is 24.1. The van der Waals surface area contributed by atoms with Crippen LogP contribution in [0.3, 0.4) is 0 Å². The van der Waals surface area contributed by atoms with Crippen LogP contribution in [-0.2, 0) is 23.2 Å². The first-order valence-electron chi connectivity index (χ1n) is 12.5. The Kier molecular flexibility index (Phi) is 9.62. The molecule has 2 fully saturated rings. The van der Waals surface area contributed by atoms with Crippen molar-refractivity contribution in [2.45, 2.75) is 98.1 Å². The maximum atomic E-state index is 2.71. The van der Waals surface area contributed by atoms with Crippen LogP contribution < -0.4 is 24.8 Å². The molecule has 0 aromatic heterocycles. The van der Waals surface area contributed by atoms with Gasteiger partial charge in [-0.2, -0.15) is 0 Å². The van der Waals surface area contributed by atoms with Crippen LogP contribution in [0.2, 0.25) is 6.25 Å². The van der Waals surface area contributed by atoms with Crippen molar-refractivity contribution in [2.24, 2.45) is 22.7 Å². The van der Waals surface area contributed by atoms with E-state index in [0.29, 0.717) is 17.1 Å². The standard InChI is InChI=1S/2C14H21.2ClH.Zr/c2*1-12(2)14(10-6-3-7-11-14)13-8-4-5-9-13;;;/h2*4-5,8-9,12H,3,6-7,10-11H2,1-2H3;2*1H;/q;;;;+2/p-2. The summed E-state index contributed by atoms with van der Waals surface area (Å²) in [5, 5.41) is 0. The van der Waals surface area contributed by atoms with E-state index in [4.69, 9.17) is 0 Å². The van der Waals surface area contributed by atoms with E-state index in [1.807, 2.05) is 0 Å². The summed E-state index contributed by atoms with van der Waals surface area (Å²) in [6.45, 7) is 10.2. The predicted molar refractivity (Wildman–Crippen MR) is 123 cm³/mol. The van der Waals surface area contributed by atoms with E-state index in [1.165, 1.54) is 64.2 Å². The molecule has 0 amide bonds. The van der Waals surface area contributed by atoms with Crippen LogP contribution in [0.1, 0.15) is 91.9 Å². The zero-order chi connectivity index (χ0) is 20.6. The van der Waals surface area contributed by atoms with E-state index in [-0.39, 0.29) is 24.8 Å². The molecule has 0 aliphatic heterocycles. The molecule has 4 rings (SSSR count). The molecule has 0 heterocycles. The van der Waals surface area contributed by atoms with Crippen molar-refractivity contribution >= 4 is 0 Å². The first-order chi connectivity index (χ1) is 13.9. The Morgan fingerprint density at radius 1 is 0.516 bits per heavy atom. The summed E-state index contributed by atoms with van der Waals surface area (Å²) in [4.78, 5) is 0. The van der Waals surface area contributed by atoms with E-state index in [9.17, 15) is 0 Å². The molecule has 0 N–H and O–H groups in total. The van der Waals surface area contributed by atoms with E-state index >= 15 is 0 Å². The van der Waals surface area contributed by atoms with Gasteiger partial charge in [0.05, 0.1) is 0 Å². The van der Waals surface area contributed by atoms with Gasteiger partial charge in [0.15, 0.2) is 0 Å². The van der Waals surface area contributed by atoms with Crippen LogP contribution in [0.25, 0.3) is 0 Å². The Morgan fingerprint density at radius 3 is 1.06 bits per heavy atom. The molecule has 0 aromatic rings. The first-order valence-corrected chi connectivity index (χ1v) is 14.9. The predicted octanol–water partition coefficient (Wildman–Crippen LogP) is 2.86. The smallest absolute Gasteiger partial charge is 1.00 e. The fraction of sp³-hybridized carbons (Fsp3) is 0.714. The molecule has 31 heavy (non-hydrogen) atoms. The third-order valence-corrected chi connectivity index (χ3v) is 15.5. The van der Waals surface area contributed by atoms with Gasteiger partial charge in [0.2, 0.25) is 0 Å². The van der Waals surface area contributed by atoms with Gasteiger partial charge in [-0.05, 0) is 0 Å². The summed E-state index contributed by atoms with van der Waals surface area (Å²) in [7, 11) is 0. The average molecular weight is 541 g/mol. The van der Waals surface area contributed by atoms with Crippen LogP contribution in [0.4, 0.5) is 0 Å². The topological polar surface area (TPSA) is 0 Å². The van der Waals surface area contributed by atoms with Crippen LogP contribution in [-0.4, -0.2) is 0 Å². The van der Waals surface area contributed by atoms with E-state index in [2.05, 4.69) is 76.3 Å². The first kappa shape index (κ1) is 27.7. The molecule has 0 bridgehead atoms. The molecule has 0 saturated heterocycles. The molecular weight excluding hydrogens is 498 g/mol. The van der Waals surface area contributed by atoms with Gasteiger partial charge in [0.25, 0.3) is 0 Å². The molecule has 4 aliphatic carbocycles. The maximum Gasteiger partial charge on any atom is -1.00 e. The van der Waals surface area contributed by atoms with Crippen molar-refractivity contribution in [3.8, 4) is 0 Å². The summed E-state index contributed by atoms with van der Waals surface area (Å²) in [5.41, 5.74) is 0.982. The second-order valence-corrected chi connectivity index (χ2v) is 15.7. The molecule has 0 spiro atoms. The minimum atomic E-state index is -0.880. The van der Waals surface area contributed by atoms with Crippen molar-refractivity contribution < 1.29 is 48.0 Å². The number of rotatable bonds is 6. The molecule has 2 saturated carbocycles. The zero-order valence-electron chi connectivity index (χ0n) is 20.1. The van der Waals surface area contributed by atoms with Crippen molar-refractivity contribution in [1.29, 1.82) is 0 Å². The summed E-state index contributed by atoms with van der Waals surface area (Å²) < 4.78 is 0.757. The second-order valence-electron chi connectivity index (χ2n) is 11.0. The van der Waals surface area contributed by atoms with Gasteiger partial charge in [-0.1, -0.05) is 0 Å². The van der Waals surface area contributed by atoms with Crippen LogP contribution >= 0.6 is 0 Å². The molecular formula is C28H42Cl2Zr. The summed E-state index contributed by atoms with van der Waals surface area (Å²) >= 11 is -0.880. The molecule has 4 aliphatic rings. The second kappa shape index (κ2) is 10.8. The van der Waals surface area contributed by atoms with E-state index in [1.54, 1.807) is 0 Å². The van der Waals surface area contributed by atoms with Crippen molar-refractivity contribution in [3.05, 3.63) is 48.6 Å². The Labute approximate surface area is 216 Å². The Bertz CT molecular complexity index is 617. The van der Waals surface area contributed by atoms with E-state index < -0.39 is 23.2 Å². The number of allylic oxidation sites excluding steroid dienone is 8. The monoisotopic (exact) mass is 538 g/mol. The summed E-state index contributed by atoms with van der Waals surface area (Å²) in [6.07, 6.45) is 34.9. The van der Waals surface area contributed by atoms with Crippen molar-refractivity contribution in [3.63, 3.8) is 0 Å². The maximum absolute atomic E-state index is 2.71. The van der Waals surface area contributed by atoms with Crippen LogP contribution in [0.5, 0.6) is 0 Å².